The van der Waals surface area contributed by atoms with Crippen LogP contribution in [0.5, 0.6) is 11.5 Å². The molecule has 1 aromatic heterocycles. The van der Waals surface area contributed by atoms with Gasteiger partial charge >= 0.3 is 5.69 Å². The number of phenols is 1. The van der Waals surface area contributed by atoms with Crippen molar-refractivity contribution in [3.05, 3.63) is 44.6 Å². The summed E-state index contributed by atoms with van der Waals surface area (Å²) in [5, 5.41) is 23.2. The SMILES string of the molecule is CON(C)C(=O)C(C)Oc1c([N+](=O)[O-])ccc(-c2ncc(Cl)cc2Cl)c1O. The van der Waals surface area contributed by atoms with Gasteiger partial charge in [0.2, 0.25) is 5.75 Å². The van der Waals surface area contributed by atoms with E-state index >= 15 is 0 Å². The number of hydrogen-bond acceptors (Lipinski definition) is 7. The molecule has 0 radical (unpaired) electrons. The highest BCUT2D eigenvalue weighted by Gasteiger charge is 2.29. The summed E-state index contributed by atoms with van der Waals surface area (Å²) in [6.07, 6.45) is 0.132. The van der Waals surface area contributed by atoms with Crippen molar-refractivity contribution < 1.29 is 24.4 Å². The molecule has 27 heavy (non-hydrogen) atoms. The quantitative estimate of drug-likeness (QED) is 0.567. The van der Waals surface area contributed by atoms with Crippen molar-refractivity contribution >= 4 is 34.8 Å². The molecule has 0 aliphatic carbocycles. The molecule has 2 rings (SSSR count). The molecule has 0 bridgehead atoms. The topological polar surface area (TPSA) is 115 Å². The van der Waals surface area contributed by atoms with Crippen LogP contribution in [0.3, 0.4) is 0 Å². The summed E-state index contributed by atoms with van der Waals surface area (Å²) in [4.78, 5) is 31.5. The van der Waals surface area contributed by atoms with Crippen LogP contribution < -0.4 is 4.74 Å². The minimum Gasteiger partial charge on any atom is -0.504 e. The van der Waals surface area contributed by atoms with Crippen LogP contribution in [0, 0.1) is 10.1 Å². The molecule has 0 saturated carbocycles. The predicted molar refractivity (Wildman–Crippen MR) is 97.9 cm³/mol. The zero-order valence-corrected chi connectivity index (χ0v) is 16.0. The van der Waals surface area contributed by atoms with Crippen LogP contribution in [-0.4, -0.2) is 46.2 Å². The van der Waals surface area contributed by atoms with Crippen molar-refractivity contribution in [2.24, 2.45) is 0 Å². The number of benzene rings is 1. The normalized spacial score (nSPS) is 11.7. The Morgan fingerprint density at radius 2 is 2.07 bits per heavy atom. The summed E-state index contributed by atoms with van der Waals surface area (Å²) in [5.74, 6) is -1.68. The molecule has 2 aromatic rings. The van der Waals surface area contributed by atoms with E-state index in [1.807, 2.05) is 0 Å². The number of phenolic OH excluding ortho intramolecular Hbond substituents is 1. The van der Waals surface area contributed by atoms with Crippen LogP contribution in [-0.2, 0) is 9.63 Å². The van der Waals surface area contributed by atoms with Crippen molar-refractivity contribution in [1.82, 2.24) is 10.0 Å². The first-order valence-corrected chi connectivity index (χ1v) is 8.23. The van der Waals surface area contributed by atoms with E-state index < -0.39 is 34.1 Å². The summed E-state index contributed by atoms with van der Waals surface area (Å²) < 4.78 is 5.39. The first-order chi connectivity index (χ1) is 12.7. The number of likely N-dealkylation sites (N-methyl/N-ethyl adjacent to an activating group) is 1. The van der Waals surface area contributed by atoms with E-state index in [1.165, 1.54) is 39.4 Å². The van der Waals surface area contributed by atoms with Gasteiger partial charge in [0.05, 0.1) is 27.8 Å². The maximum atomic E-state index is 12.1. The lowest BCUT2D eigenvalue weighted by Crippen LogP contribution is -2.37. The third kappa shape index (κ3) is 4.38. The van der Waals surface area contributed by atoms with Crippen molar-refractivity contribution in [3.8, 4) is 22.8 Å². The Hall–Kier alpha value is -2.62. The van der Waals surface area contributed by atoms with Crippen LogP contribution in [0.2, 0.25) is 10.0 Å². The number of nitrogens with zero attached hydrogens (tertiary/aromatic N) is 3. The Balaban J connectivity index is 2.54. The molecule has 144 valence electrons. The fraction of sp³-hybridized carbons (Fsp3) is 0.250. The van der Waals surface area contributed by atoms with Crippen molar-refractivity contribution in [2.75, 3.05) is 14.2 Å². The van der Waals surface area contributed by atoms with Gasteiger partial charge in [0.15, 0.2) is 11.9 Å². The number of ether oxygens (including phenoxy) is 1. The molecular weight excluding hydrogens is 401 g/mol. The van der Waals surface area contributed by atoms with Gasteiger partial charge < -0.3 is 9.84 Å². The van der Waals surface area contributed by atoms with Crippen LogP contribution in [0.4, 0.5) is 5.69 Å². The zero-order chi connectivity index (χ0) is 20.3. The third-order valence-corrected chi connectivity index (χ3v) is 4.09. The highest BCUT2D eigenvalue weighted by molar-refractivity contribution is 6.36. The van der Waals surface area contributed by atoms with Gasteiger partial charge in [-0.3, -0.25) is 24.7 Å². The monoisotopic (exact) mass is 415 g/mol. The van der Waals surface area contributed by atoms with E-state index in [0.29, 0.717) is 0 Å². The molecule has 1 atom stereocenters. The number of carbonyl (C=O) groups excluding carboxylic acids is 1. The van der Waals surface area contributed by atoms with Crippen LogP contribution in [0.1, 0.15) is 6.92 Å². The van der Waals surface area contributed by atoms with E-state index in [9.17, 15) is 20.0 Å². The maximum Gasteiger partial charge on any atom is 0.314 e. The van der Waals surface area contributed by atoms with Gasteiger partial charge in [-0.25, -0.2) is 5.06 Å². The number of pyridine rings is 1. The van der Waals surface area contributed by atoms with Gasteiger partial charge in [0.25, 0.3) is 5.91 Å². The smallest absolute Gasteiger partial charge is 0.314 e. The van der Waals surface area contributed by atoms with Gasteiger partial charge in [0, 0.05) is 24.9 Å². The molecule has 11 heteroatoms. The van der Waals surface area contributed by atoms with Crippen LogP contribution in [0.25, 0.3) is 11.3 Å². The molecule has 1 unspecified atom stereocenters. The number of nitro groups is 1. The highest BCUT2D eigenvalue weighted by atomic mass is 35.5. The number of halogens is 2. The predicted octanol–water partition coefficient (Wildman–Crippen LogP) is 3.46. The van der Waals surface area contributed by atoms with Crippen molar-refractivity contribution in [1.29, 1.82) is 0 Å². The third-order valence-electron chi connectivity index (χ3n) is 3.60. The Morgan fingerprint density at radius 3 is 2.63 bits per heavy atom. The first-order valence-electron chi connectivity index (χ1n) is 7.47. The molecule has 1 aromatic carbocycles. The van der Waals surface area contributed by atoms with Crippen LogP contribution in [0.15, 0.2) is 24.4 Å². The zero-order valence-electron chi connectivity index (χ0n) is 14.5. The molecule has 9 nitrogen and oxygen atoms in total. The lowest BCUT2D eigenvalue weighted by Gasteiger charge is -2.20. The van der Waals surface area contributed by atoms with E-state index in [0.717, 1.165) is 11.1 Å². The van der Waals surface area contributed by atoms with Gasteiger partial charge in [-0.1, -0.05) is 23.2 Å². The maximum absolute atomic E-state index is 12.1. The summed E-state index contributed by atoms with van der Waals surface area (Å²) in [7, 11) is 2.63. The average Bonchev–Trinajstić information content (AvgIpc) is 2.62. The minimum atomic E-state index is -1.18. The number of nitro benzene ring substituents is 1. The largest absolute Gasteiger partial charge is 0.504 e. The minimum absolute atomic E-state index is 0.0806. The summed E-state index contributed by atoms with van der Waals surface area (Å²) in [5.41, 5.74) is -0.302. The number of amides is 1. The Morgan fingerprint density at radius 1 is 1.41 bits per heavy atom. The molecule has 0 fully saturated rings. The molecule has 1 N–H and O–H groups in total. The standard InChI is InChI=1S/C16H15Cl2N3O6/c1-8(16(23)20(2)26-3)27-15-12(21(24)25)5-4-10(14(15)22)13-11(18)6-9(17)7-19-13/h4-8,22H,1-3H3. The number of rotatable bonds is 6. The number of hydroxylamine groups is 2. The first kappa shape index (κ1) is 20.7. The Kier molecular flexibility index (Phi) is 6.42. The summed E-state index contributed by atoms with van der Waals surface area (Å²) in [6, 6.07) is 3.80. The van der Waals surface area contributed by atoms with E-state index in [1.54, 1.807) is 0 Å². The molecule has 0 spiro atoms. The summed E-state index contributed by atoms with van der Waals surface area (Å²) >= 11 is 11.9. The van der Waals surface area contributed by atoms with E-state index in [-0.39, 0.29) is 21.3 Å². The second-order valence-corrected chi connectivity index (χ2v) is 6.17. The fourth-order valence-electron chi connectivity index (χ4n) is 2.20. The van der Waals surface area contributed by atoms with E-state index in [4.69, 9.17) is 32.8 Å². The molecule has 1 heterocycles. The molecular formula is C16H15Cl2N3O6. The second-order valence-electron chi connectivity index (χ2n) is 5.33. The van der Waals surface area contributed by atoms with Gasteiger partial charge in [-0.15, -0.1) is 0 Å². The number of carbonyl (C=O) groups is 1. The van der Waals surface area contributed by atoms with Crippen molar-refractivity contribution in [3.63, 3.8) is 0 Å². The number of hydrogen-bond donors (Lipinski definition) is 1. The molecule has 0 saturated heterocycles. The lowest BCUT2D eigenvalue weighted by molar-refractivity contribution is -0.386. The molecule has 1 amide bonds. The van der Waals surface area contributed by atoms with Crippen LogP contribution >= 0.6 is 23.2 Å². The molecule has 0 aliphatic rings. The Bertz CT molecular complexity index is 893. The molecule has 0 aliphatic heterocycles. The second kappa shape index (κ2) is 8.38. The Labute approximate surface area is 164 Å². The lowest BCUT2D eigenvalue weighted by atomic mass is 10.1. The van der Waals surface area contributed by atoms with E-state index in [2.05, 4.69) is 4.98 Å². The van der Waals surface area contributed by atoms with Gasteiger partial charge in [-0.2, -0.15) is 0 Å². The number of aromatic hydroxyl groups is 1. The highest BCUT2D eigenvalue weighted by Crippen LogP contribution is 2.45. The summed E-state index contributed by atoms with van der Waals surface area (Å²) in [6.45, 7) is 1.36. The van der Waals surface area contributed by atoms with Gasteiger partial charge in [0.1, 0.15) is 0 Å². The van der Waals surface area contributed by atoms with Crippen molar-refractivity contribution in [2.45, 2.75) is 13.0 Å². The average molecular weight is 416 g/mol. The van der Waals surface area contributed by atoms with Gasteiger partial charge in [-0.05, 0) is 19.1 Å². The number of aromatic nitrogens is 1. The fourth-order valence-corrected chi connectivity index (χ4v) is 2.68.